The van der Waals surface area contributed by atoms with Crippen molar-refractivity contribution in [3.63, 3.8) is 0 Å². The minimum atomic E-state index is -0.510. The molecule has 0 unspecified atom stereocenters. The van der Waals surface area contributed by atoms with Crippen LogP contribution in [0.4, 0.5) is 0 Å². The molecule has 1 aromatic carbocycles. The van der Waals surface area contributed by atoms with Gasteiger partial charge in [-0.05, 0) is 35.9 Å². The van der Waals surface area contributed by atoms with Crippen molar-refractivity contribution in [2.24, 2.45) is 0 Å². The van der Waals surface area contributed by atoms with E-state index in [1.807, 2.05) is 30.3 Å². The predicted octanol–water partition coefficient (Wildman–Crippen LogP) is 2.90. The van der Waals surface area contributed by atoms with Crippen molar-refractivity contribution >= 4 is 12.0 Å². The quantitative estimate of drug-likeness (QED) is 0.505. The number of pyridine rings is 1. The Morgan fingerprint density at radius 1 is 1.28 bits per heavy atom. The Morgan fingerprint density at radius 3 is 3.00 bits per heavy atom. The fourth-order valence-electron chi connectivity index (χ4n) is 2.02. The Labute approximate surface area is 143 Å². The summed E-state index contributed by atoms with van der Waals surface area (Å²) in [7, 11) is 1.58. The summed E-state index contributed by atoms with van der Waals surface area (Å²) in [5.74, 6) is 0.807. The van der Waals surface area contributed by atoms with Crippen LogP contribution in [0.3, 0.4) is 0 Å². The number of aromatic nitrogens is 3. The highest BCUT2D eigenvalue weighted by Gasteiger charge is 2.10. The third kappa shape index (κ3) is 4.51. The zero-order valence-electron chi connectivity index (χ0n) is 13.5. The lowest BCUT2D eigenvalue weighted by Crippen LogP contribution is -2.01. The maximum atomic E-state index is 11.8. The fraction of sp³-hybridized carbons (Fsp3) is 0.111. The van der Waals surface area contributed by atoms with Gasteiger partial charge in [-0.2, -0.15) is 4.98 Å². The monoisotopic (exact) mass is 337 g/mol. The maximum absolute atomic E-state index is 11.8. The molecule has 0 N–H and O–H groups in total. The van der Waals surface area contributed by atoms with Crippen LogP contribution in [0.15, 0.2) is 59.4 Å². The van der Waals surface area contributed by atoms with E-state index in [9.17, 15) is 4.79 Å². The summed E-state index contributed by atoms with van der Waals surface area (Å²) in [6, 6.07) is 10.9. The summed E-state index contributed by atoms with van der Waals surface area (Å²) in [5.41, 5.74) is 1.55. The molecule has 0 aliphatic heterocycles. The maximum Gasteiger partial charge on any atom is 0.331 e. The van der Waals surface area contributed by atoms with E-state index >= 15 is 0 Å². The molecular formula is C18H15N3O4. The van der Waals surface area contributed by atoms with E-state index < -0.39 is 5.97 Å². The molecule has 0 atom stereocenters. The third-order valence-corrected chi connectivity index (χ3v) is 3.23. The largest absolute Gasteiger partial charge is 0.497 e. The fourth-order valence-corrected chi connectivity index (χ4v) is 2.02. The van der Waals surface area contributed by atoms with Gasteiger partial charge in [-0.1, -0.05) is 17.3 Å². The van der Waals surface area contributed by atoms with Gasteiger partial charge in [0, 0.05) is 24.0 Å². The lowest BCUT2D eigenvalue weighted by atomic mass is 10.2. The molecule has 0 saturated heterocycles. The number of carbonyl (C=O) groups is 1. The summed E-state index contributed by atoms with van der Waals surface area (Å²) in [6.45, 7) is -0.103. The number of hydrogen-bond donors (Lipinski definition) is 0. The van der Waals surface area contributed by atoms with Crippen LogP contribution in [0.2, 0.25) is 0 Å². The van der Waals surface area contributed by atoms with Crippen LogP contribution < -0.4 is 4.74 Å². The number of nitrogens with zero attached hydrogens (tertiary/aromatic N) is 3. The molecule has 0 saturated carbocycles. The van der Waals surface area contributed by atoms with Crippen molar-refractivity contribution in [3.05, 3.63) is 66.3 Å². The molecule has 0 spiro atoms. The van der Waals surface area contributed by atoms with Crippen molar-refractivity contribution in [3.8, 4) is 17.1 Å². The molecule has 2 heterocycles. The number of carbonyl (C=O) groups excluding carboxylic acids is 1. The van der Waals surface area contributed by atoms with Gasteiger partial charge in [0.05, 0.1) is 7.11 Å². The SMILES string of the molecule is COc1cccc(C=CC(=O)OCc2nc(-c3cccnc3)no2)c1. The van der Waals surface area contributed by atoms with Gasteiger partial charge in [-0.15, -0.1) is 0 Å². The van der Waals surface area contributed by atoms with Gasteiger partial charge in [0.25, 0.3) is 5.89 Å². The first-order valence-electron chi connectivity index (χ1n) is 7.46. The molecule has 7 nitrogen and oxygen atoms in total. The highest BCUT2D eigenvalue weighted by Crippen LogP contribution is 2.15. The second kappa shape index (κ2) is 7.87. The Bertz CT molecular complexity index is 875. The minimum absolute atomic E-state index is 0.103. The molecule has 2 aromatic heterocycles. The molecule has 0 aliphatic rings. The molecule has 126 valence electrons. The van der Waals surface area contributed by atoms with E-state index in [4.69, 9.17) is 14.0 Å². The Balaban J connectivity index is 1.55. The molecule has 0 aliphatic carbocycles. The van der Waals surface area contributed by atoms with Gasteiger partial charge >= 0.3 is 5.97 Å². The Kier molecular flexibility index (Phi) is 5.16. The highest BCUT2D eigenvalue weighted by atomic mass is 16.6. The predicted molar refractivity (Wildman–Crippen MR) is 89.4 cm³/mol. The average Bonchev–Trinajstić information content (AvgIpc) is 3.15. The van der Waals surface area contributed by atoms with Gasteiger partial charge in [-0.25, -0.2) is 4.79 Å². The van der Waals surface area contributed by atoms with E-state index in [0.29, 0.717) is 11.6 Å². The summed E-state index contributed by atoms with van der Waals surface area (Å²) in [6.07, 6.45) is 6.24. The van der Waals surface area contributed by atoms with Crippen LogP contribution in [0, 0.1) is 0 Å². The summed E-state index contributed by atoms with van der Waals surface area (Å²) in [5, 5.41) is 3.83. The molecule has 25 heavy (non-hydrogen) atoms. The molecular weight excluding hydrogens is 322 g/mol. The summed E-state index contributed by atoms with van der Waals surface area (Å²) < 4.78 is 15.3. The van der Waals surface area contributed by atoms with Gasteiger partial charge in [0.15, 0.2) is 6.61 Å². The van der Waals surface area contributed by atoms with Gasteiger partial charge in [0.2, 0.25) is 5.82 Å². The minimum Gasteiger partial charge on any atom is -0.497 e. The van der Waals surface area contributed by atoms with Crippen LogP contribution in [0.5, 0.6) is 5.75 Å². The normalized spacial score (nSPS) is 10.8. The molecule has 0 amide bonds. The molecule has 0 fully saturated rings. The van der Waals surface area contributed by atoms with E-state index in [2.05, 4.69) is 15.1 Å². The van der Waals surface area contributed by atoms with Crippen LogP contribution >= 0.6 is 0 Å². The zero-order chi connectivity index (χ0) is 17.5. The van der Waals surface area contributed by atoms with E-state index in [0.717, 1.165) is 11.1 Å². The first kappa shape index (κ1) is 16.4. The number of methoxy groups -OCH3 is 1. The lowest BCUT2D eigenvalue weighted by molar-refractivity contribution is -0.139. The van der Waals surface area contributed by atoms with E-state index in [-0.39, 0.29) is 12.5 Å². The van der Waals surface area contributed by atoms with Crippen molar-refractivity contribution in [2.45, 2.75) is 6.61 Å². The molecule has 3 rings (SSSR count). The number of ether oxygens (including phenoxy) is 2. The molecule has 7 heteroatoms. The molecule has 0 bridgehead atoms. The smallest absolute Gasteiger partial charge is 0.331 e. The van der Waals surface area contributed by atoms with Gasteiger partial charge < -0.3 is 14.0 Å². The first-order chi connectivity index (χ1) is 12.2. The number of hydrogen-bond acceptors (Lipinski definition) is 7. The Morgan fingerprint density at radius 2 is 2.20 bits per heavy atom. The van der Waals surface area contributed by atoms with E-state index in [1.165, 1.54) is 6.08 Å². The average molecular weight is 337 g/mol. The number of benzene rings is 1. The number of esters is 1. The van der Waals surface area contributed by atoms with Crippen molar-refractivity contribution in [2.75, 3.05) is 7.11 Å². The summed E-state index contributed by atoms with van der Waals surface area (Å²) in [4.78, 5) is 19.9. The second-order valence-corrected chi connectivity index (χ2v) is 4.97. The van der Waals surface area contributed by atoms with Crippen LogP contribution in [0.25, 0.3) is 17.5 Å². The molecule has 0 radical (unpaired) electrons. The molecule has 3 aromatic rings. The van der Waals surface area contributed by atoms with Crippen LogP contribution in [0.1, 0.15) is 11.5 Å². The standard InChI is InChI=1S/C18H15N3O4/c1-23-15-6-2-4-13(10-15)7-8-17(22)24-12-16-20-18(21-25-16)14-5-3-9-19-11-14/h2-11H,12H2,1H3. The van der Waals surface area contributed by atoms with Gasteiger partial charge in [0.1, 0.15) is 5.75 Å². The summed E-state index contributed by atoms with van der Waals surface area (Å²) >= 11 is 0. The van der Waals surface area contributed by atoms with Gasteiger partial charge in [-0.3, -0.25) is 4.98 Å². The first-order valence-corrected chi connectivity index (χ1v) is 7.46. The Hall–Kier alpha value is -3.48. The second-order valence-electron chi connectivity index (χ2n) is 4.97. The van der Waals surface area contributed by atoms with Crippen LogP contribution in [-0.2, 0) is 16.1 Å². The number of rotatable bonds is 6. The van der Waals surface area contributed by atoms with E-state index in [1.54, 1.807) is 31.6 Å². The third-order valence-electron chi connectivity index (χ3n) is 3.23. The van der Waals surface area contributed by atoms with Crippen LogP contribution in [-0.4, -0.2) is 28.2 Å². The van der Waals surface area contributed by atoms with Crippen molar-refractivity contribution in [1.29, 1.82) is 0 Å². The topological polar surface area (TPSA) is 87.3 Å². The van der Waals surface area contributed by atoms with Crippen molar-refractivity contribution < 1.29 is 18.8 Å². The van der Waals surface area contributed by atoms with Crippen molar-refractivity contribution in [1.82, 2.24) is 15.1 Å². The highest BCUT2D eigenvalue weighted by molar-refractivity contribution is 5.87. The lowest BCUT2D eigenvalue weighted by Gasteiger charge is -2.00. The zero-order valence-corrected chi connectivity index (χ0v) is 13.5.